The van der Waals surface area contributed by atoms with E-state index in [-0.39, 0.29) is 24.7 Å². The first kappa shape index (κ1) is 17.1. The molecule has 0 aromatic carbocycles. The Hall–Kier alpha value is -1.30. The molecule has 0 aliphatic heterocycles. The minimum absolute atomic E-state index is 0.0542. The molecular formula is C16H29N3O3. The lowest BCUT2D eigenvalue weighted by atomic mass is 9.85. The predicted octanol–water partition coefficient (Wildman–Crippen LogP) is 1.76. The van der Waals surface area contributed by atoms with E-state index in [0.717, 1.165) is 38.9 Å². The SMILES string of the molecule is CCCN(CC1CC1)C(=O)NC1CC(N(CC)CC(=O)O)C1. The lowest BCUT2D eigenvalue weighted by Gasteiger charge is -2.42. The van der Waals surface area contributed by atoms with E-state index in [2.05, 4.69) is 12.2 Å². The summed E-state index contributed by atoms with van der Waals surface area (Å²) in [6.45, 7) is 6.60. The molecule has 0 aromatic heterocycles. The van der Waals surface area contributed by atoms with Crippen molar-refractivity contribution in [2.24, 2.45) is 5.92 Å². The zero-order chi connectivity index (χ0) is 16.1. The van der Waals surface area contributed by atoms with E-state index < -0.39 is 5.97 Å². The summed E-state index contributed by atoms with van der Waals surface area (Å²) >= 11 is 0. The lowest BCUT2D eigenvalue weighted by molar-refractivity contribution is -0.139. The summed E-state index contributed by atoms with van der Waals surface area (Å²) in [4.78, 5) is 27.1. The van der Waals surface area contributed by atoms with Crippen molar-refractivity contribution >= 4 is 12.0 Å². The van der Waals surface area contributed by atoms with E-state index in [1.54, 1.807) is 0 Å². The summed E-state index contributed by atoms with van der Waals surface area (Å²) in [5.41, 5.74) is 0. The van der Waals surface area contributed by atoms with E-state index in [4.69, 9.17) is 5.11 Å². The molecule has 2 amide bonds. The Balaban J connectivity index is 1.72. The first-order valence-corrected chi connectivity index (χ1v) is 8.54. The van der Waals surface area contributed by atoms with Gasteiger partial charge >= 0.3 is 12.0 Å². The smallest absolute Gasteiger partial charge is 0.317 e. The van der Waals surface area contributed by atoms with Gasteiger partial charge in [-0.05, 0) is 44.6 Å². The third-order valence-electron chi connectivity index (χ3n) is 4.66. The van der Waals surface area contributed by atoms with Crippen LogP contribution in [0.4, 0.5) is 4.79 Å². The quantitative estimate of drug-likeness (QED) is 0.680. The van der Waals surface area contributed by atoms with Gasteiger partial charge in [-0.15, -0.1) is 0 Å². The molecule has 6 heteroatoms. The molecule has 0 bridgehead atoms. The Morgan fingerprint density at radius 3 is 2.41 bits per heavy atom. The van der Waals surface area contributed by atoms with Crippen molar-refractivity contribution < 1.29 is 14.7 Å². The van der Waals surface area contributed by atoms with Gasteiger partial charge in [0.15, 0.2) is 0 Å². The van der Waals surface area contributed by atoms with Gasteiger partial charge in [0.25, 0.3) is 0 Å². The summed E-state index contributed by atoms with van der Waals surface area (Å²) in [6.07, 6.45) is 5.20. The van der Waals surface area contributed by atoms with Crippen LogP contribution in [0.3, 0.4) is 0 Å². The summed E-state index contributed by atoms with van der Waals surface area (Å²) in [7, 11) is 0. The third kappa shape index (κ3) is 4.87. The molecule has 6 nitrogen and oxygen atoms in total. The van der Waals surface area contributed by atoms with Crippen molar-refractivity contribution in [2.45, 2.75) is 58.0 Å². The van der Waals surface area contributed by atoms with Crippen molar-refractivity contribution in [3.05, 3.63) is 0 Å². The molecule has 22 heavy (non-hydrogen) atoms. The number of carbonyl (C=O) groups excluding carboxylic acids is 1. The molecule has 0 saturated heterocycles. The normalized spacial score (nSPS) is 24.0. The maximum absolute atomic E-state index is 12.3. The summed E-state index contributed by atoms with van der Waals surface area (Å²) in [6, 6.07) is 0.534. The first-order chi connectivity index (χ1) is 10.5. The molecule has 2 N–H and O–H groups in total. The maximum Gasteiger partial charge on any atom is 0.317 e. The lowest BCUT2D eigenvalue weighted by Crippen LogP contribution is -2.57. The Kier molecular flexibility index (Phi) is 6.06. The Labute approximate surface area is 132 Å². The van der Waals surface area contributed by atoms with Crippen molar-refractivity contribution in [2.75, 3.05) is 26.2 Å². The average Bonchev–Trinajstić information content (AvgIpc) is 3.23. The minimum Gasteiger partial charge on any atom is -0.480 e. The Morgan fingerprint density at radius 1 is 1.23 bits per heavy atom. The van der Waals surface area contributed by atoms with Crippen LogP contribution in [0.15, 0.2) is 0 Å². The predicted molar refractivity (Wildman–Crippen MR) is 84.8 cm³/mol. The van der Waals surface area contributed by atoms with Crippen molar-refractivity contribution in [3.63, 3.8) is 0 Å². The Bertz CT molecular complexity index is 392. The number of amides is 2. The number of carboxylic acid groups (broad SMARTS) is 1. The number of aliphatic carboxylic acids is 1. The zero-order valence-corrected chi connectivity index (χ0v) is 13.8. The monoisotopic (exact) mass is 311 g/mol. The number of likely N-dealkylation sites (N-methyl/N-ethyl adjacent to an activating group) is 1. The largest absolute Gasteiger partial charge is 0.480 e. The van der Waals surface area contributed by atoms with Gasteiger partial charge in [0.05, 0.1) is 6.54 Å². The van der Waals surface area contributed by atoms with Crippen molar-refractivity contribution in [3.8, 4) is 0 Å². The minimum atomic E-state index is -0.784. The summed E-state index contributed by atoms with van der Waals surface area (Å²) in [5, 5.41) is 12.0. The molecular weight excluding hydrogens is 282 g/mol. The molecule has 0 radical (unpaired) electrons. The van der Waals surface area contributed by atoms with E-state index in [1.165, 1.54) is 12.8 Å². The number of carboxylic acids is 1. The highest BCUT2D eigenvalue weighted by molar-refractivity contribution is 5.74. The fraction of sp³-hybridized carbons (Fsp3) is 0.875. The van der Waals surface area contributed by atoms with E-state index in [1.807, 2.05) is 16.7 Å². The molecule has 2 aliphatic rings. The molecule has 2 rings (SSSR count). The number of carbonyl (C=O) groups is 2. The molecule has 0 atom stereocenters. The van der Waals surface area contributed by atoms with Crippen LogP contribution in [0.1, 0.15) is 46.0 Å². The maximum atomic E-state index is 12.3. The summed E-state index contributed by atoms with van der Waals surface area (Å²) < 4.78 is 0. The molecule has 0 heterocycles. The van der Waals surface area contributed by atoms with Crippen LogP contribution in [0, 0.1) is 5.92 Å². The molecule has 0 spiro atoms. The fourth-order valence-corrected chi connectivity index (χ4v) is 3.10. The number of nitrogens with one attached hydrogen (secondary N) is 1. The van der Waals surface area contributed by atoms with Gasteiger partial charge in [-0.1, -0.05) is 13.8 Å². The molecule has 0 unspecified atom stereocenters. The van der Waals surface area contributed by atoms with Crippen LogP contribution in [0.25, 0.3) is 0 Å². The number of nitrogens with zero attached hydrogens (tertiary/aromatic N) is 2. The first-order valence-electron chi connectivity index (χ1n) is 8.54. The van der Waals surface area contributed by atoms with E-state index in [9.17, 15) is 9.59 Å². The van der Waals surface area contributed by atoms with Gasteiger partial charge in [-0.3, -0.25) is 9.69 Å². The molecule has 126 valence electrons. The number of hydrogen-bond donors (Lipinski definition) is 2. The molecule has 2 saturated carbocycles. The van der Waals surface area contributed by atoms with E-state index in [0.29, 0.717) is 5.92 Å². The van der Waals surface area contributed by atoms with Gasteiger partial charge in [-0.2, -0.15) is 0 Å². The van der Waals surface area contributed by atoms with Gasteiger partial charge in [-0.25, -0.2) is 4.79 Å². The van der Waals surface area contributed by atoms with Crippen LogP contribution in [0.5, 0.6) is 0 Å². The van der Waals surface area contributed by atoms with E-state index >= 15 is 0 Å². The second kappa shape index (κ2) is 7.81. The van der Waals surface area contributed by atoms with Crippen molar-refractivity contribution in [1.82, 2.24) is 15.1 Å². The Morgan fingerprint density at radius 2 is 1.91 bits per heavy atom. The van der Waals surface area contributed by atoms with Crippen molar-refractivity contribution in [1.29, 1.82) is 0 Å². The van der Waals surface area contributed by atoms with Crippen LogP contribution in [-0.2, 0) is 4.79 Å². The highest BCUT2D eigenvalue weighted by Gasteiger charge is 2.36. The van der Waals surface area contributed by atoms with Crippen LogP contribution in [0.2, 0.25) is 0 Å². The van der Waals surface area contributed by atoms with Crippen LogP contribution in [-0.4, -0.2) is 65.2 Å². The fourth-order valence-electron chi connectivity index (χ4n) is 3.10. The molecule has 0 aromatic rings. The second-order valence-corrected chi connectivity index (χ2v) is 6.62. The topological polar surface area (TPSA) is 72.9 Å². The highest BCUT2D eigenvalue weighted by Crippen LogP contribution is 2.30. The molecule has 2 aliphatic carbocycles. The number of urea groups is 1. The van der Waals surface area contributed by atoms with Gasteiger partial charge in [0.2, 0.25) is 0 Å². The molecule has 2 fully saturated rings. The number of hydrogen-bond acceptors (Lipinski definition) is 3. The van der Waals surface area contributed by atoms with Gasteiger partial charge in [0.1, 0.15) is 0 Å². The summed E-state index contributed by atoms with van der Waals surface area (Å²) in [5.74, 6) is -0.0783. The standard InChI is InChI=1S/C16H29N3O3/c1-3-7-19(10-12-5-6-12)16(22)17-13-8-14(9-13)18(4-2)11-15(20)21/h12-14H,3-11H2,1-2H3,(H,17,22)(H,20,21). The average molecular weight is 311 g/mol. The zero-order valence-electron chi connectivity index (χ0n) is 13.8. The third-order valence-corrected chi connectivity index (χ3v) is 4.66. The van der Waals surface area contributed by atoms with Gasteiger partial charge in [0, 0.05) is 25.2 Å². The van der Waals surface area contributed by atoms with Crippen LogP contribution < -0.4 is 5.32 Å². The second-order valence-electron chi connectivity index (χ2n) is 6.62. The van der Waals surface area contributed by atoms with Crippen LogP contribution >= 0.6 is 0 Å². The number of rotatable bonds is 9. The van der Waals surface area contributed by atoms with Gasteiger partial charge < -0.3 is 15.3 Å². The highest BCUT2D eigenvalue weighted by atomic mass is 16.4.